The molecule has 4 aromatic rings. The number of hydrogen-bond acceptors (Lipinski definition) is 5. The maximum absolute atomic E-state index is 13.6. The summed E-state index contributed by atoms with van der Waals surface area (Å²) in [5.74, 6) is 0.0188. The minimum atomic E-state index is -0.132. The van der Waals surface area contributed by atoms with Crippen molar-refractivity contribution in [1.29, 1.82) is 0 Å². The average molecular weight is 462 g/mol. The number of benzene rings is 1. The third-order valence-electron chi connectivity index (χ3n) is 6.55. The van der Waals surface area contributed by atoms with Crippen molar-refractivity contribution in [3.8, 4) is 10.4 Å². The third kappa shape index (κ3) is 3.40. The second-order valence-corrected chi connectivity index (χ2v) is 10.4. The molecule has 0 saturated heterocycles. The van der Waals surface area contributed by atoms with Crippen LogP contribution in [0.2, 0.25) is 0 Å². The van der Waals surface area contributed by atoms with Crippen LogP contribution in [-0.2, 0) is 17.8 Å². The van der Waals surface area contributed by atoms with Crippen LogP contribution >= 0.6 is 22.7 Å². The number of rotatable bonds is 5. The molecule has 6 rings (SSSR count). The minimum Gasteiger partial charge on any atom is -0.331 e. The molecule has 7 heteroatoms. The predicted molar refractivity (Wildman–Crippen MR) is 129 cm³/mol. The van der Waals surface area contributed by atoms with Crippen LogP contribution in [0.4, 0.5) is 0 Å². The maximum atomic E-state index is 13.6. The van der Waals surface area contributed by atoms with Gasteiger partial charge in [0.25, 0.3) is 5.56 Å². The smallest absolute Gasteiger partial charge is 0.263 e. The molecule has 0 spiro atoms. The number of carbonyl (C=O) groups is 1. The normalized spacial score (nSPS) is 17.9. The highest BCUT2D eigenvalue weighted by Gasteiger charge is 2.39. The van der Waals surface area contributed by atoms with Gasteiger partial charge in [-0.25, -0.2) is 4.98 Å². The minimum absolute atomic E-state index is 0.0188. The molecule has 0 unspecified atom stereocenters. The lowest BCUT2D eigenvalue weighted by Crippen LogP contribution is -2.41. The number of fused-ring (bicyclic) bond motifs is 2. The fraction of sp³-hybridized carbons (Fsp3) is 0.320. The molecule has 0 bridgehead atoms. The van der Waals surface area contributed by atoms with Gasteiger partial charge in [-0.3, -0.25) is 14.2 Å². The van der Waals surface area contributed by atoms with Crippen molar-refractivity contribution in [3.05, 3.63) is 75.0 Å². The van der Waals surface area contributed by atoms with E-state index in [1.165, 1.54) is 33.4 Å². The number of thiophene rings is 2. The monoisotopic (exact) mass is 461 g/mol. The topological polar surface area (TPSA) is 55.2 Å². The molecule has 2 aliphatic rings. The van der Waals surface area contributed by atoms with Gasteiger partial charge in [0.05, 0.1) is 17.8 Å². The summed E-state index contributed by atoms with van der Waals surface area (Å²) in [5, 5.41) is 4.62. The van der Waals surface area contributed by atoms with E-state index in [1.807, 2.05) is 22.9 Å². The van der Waals surface area contributed by atoms with Crippen molar-refractivity contribution in [3.63, 3.8) is 0 Å². The summed E-state index contributed by atoms with van der Waals surface area (Å²) in [6, 6.07) is 12.9. The van der Waals surface area contributed by atoms with Gasteiger partial charge in [0.2, 0.25) is 5.91 Å². The first-order valence-corrected chi connectivity index (χ1v) is 12.9. The Labute approximate surface area is 194 Å². The molecule has 3 heterocycles. The first kappa shape index (κ1) is 19.9. The van der Waals surface area contributed by atoms with E-state index in [4.69, 9.17) is 0 Å². The van der Waals surface area contributed by atoms with Gasteiger partial charge in [0.15, 0.2) is 0 Å². The average Bonchev–Trinajstić information content (AvgIpc) is 3.31. The highest BCUT2D eigenvalue weighted by molar-refractivity contribution is 7.18. The molecule has 5 nitrogen and oxygen atoms in total. The number of aromatic nitrogens is 2. The number of carbonyl (C=O) groups excluding carboxylic acids is 1. The van der Waals surface area contributed by atoms with Gasteiger partial charge in [-0.2, -0.15) is 0 Å². The van der Waals surface area contributed by atoms with Crippen molar-refractivity contribution in [2.45, 2.75) is 50.7 Å². The number of hydrogen-bond donors (Lipinski definition) is 0. The molecule has 162 valence electrons. The fourth-order valence-corrected chi connectivity index (χ4v) is 6.64. The van der Waals surface area contributed by atoms with E-state index < -0.39 is 0 Å². The van der Waals surface area contributed by atoms with Crippen LogP contribution in [0.5, 0.6) is 0 Å². The van der Waals surface area contributed by atoms with E-state index in [-0.39, 0.29) is 30.1 Å². The number of amides is 1. The number of aryl methyl sites for hydroxylation is 1. The summed E-state index contributed by atoms with van der Waals surface area (Å²) in [5.41, 5.74) is 3.41. The lowest BCUT2D eigenvalue weighted by molar-refractivity contribution is -0.135. The quantitative estimate of drug-likeness (QED) is 0.408. The molecule has 1 amide bonds. The first-order chi connectivity index (χ1) is 15.7. The summed E-state index contributed by atoms with van der Waals surface area (Å²) in [6.07, 6.45) is 6.77. The Hall–Kier alpha value is -2.77. The van der Waals surface area contributed by atoms with E-state index in [0.29, 0.717) is 5.39 Å². The van der Waals surface area contributed by atoms with Crippen molar-refractivity contribution >= 4 is 38.8 Å². The van der Waals surface area contributed by atoms with Gasteiger partial charge in [0, 0.05) is 21.9 Å². The number of nitrogens with zero attached hydrogens (tertiary/aromatic N) is 3. The van der Waals surface area contributed by atoms with Crippen LogP contribution < -0.4 is 5.56 Å². The summed E-state index contributed by atoms with van der Waals surface area (Å²) >= 11 is 3.09. The molecule has 0 aliphatic heterocycles. The third-order valence-corrected chi connectivity index (χ3v) is 8.34. The zero-order valence-corrected chi connectivity index (χ0v) is 19.2. The SMILES string of the molecule is O=C(Cn1cnc2scc(-c3cccs3)c2c1=O)N(C1CC1)[C@H]1CCCc2ccccc21. The zero-order chi connectivity index (χ0) is 21.7. The molecule has 2 aliphatic carbocycles. The van der Waals surface area contributed by atoms with Crippen molar-refractivity contribution < 1.29 is 4.79 Å². The van der Waals surface area contributed by atoms with E-state index >= 15 is 0 Å². The molecule has 3 aromatic heterocycles. The molecule has 32 heavy (non-hydrogen) atoms. The lowest BCUT2D eigenvalue weighted by atomic mass is 9.86. The molecule has 1 aromatic carbocycles. The first-order valence-electron chi connectivity index (χ1n) is 11.1. The van der Waals surface area contributed by atoms with E-state index in [0.717, 1.165) is 47.4 Å². The van der Waals surface area contributed by atoms with Gasteiger partial charge in [-0.1, -0.05) is 30.3 Å². The van der Waals surface area contributed by atoms with Crippen LogP contribution in [0.3, 0.4) is 0 Å². The van der Waals surface area contributed by atoms with Gasteiger partial charge in [-0.05, 0) is 54.7 Å². The van der Waals surface area contributed by atoms with Gasteiger partial charge >= 0.3 is 0 Å². The van der Waals surface area contributed by atoms with Crippen LogP contribution in [0, 0.1) is 0 Å². The molecular weight excluding hydrogens is 438 g/mol. The van der Waals surface area contributed by atoms with Gasteiger partial charge < -0.3 is 4.90 Å². The van der Waals surface area contributed by atoms with Gasteiger partial charge in [-0.15, -0.1) is 22.7 Å². The van der Waals surface area contributed by atoms with Crippen LogP contribution in [-0.4, -0.2) is 26.4 Å². The highest BCUT2D eigenvalue weighted by Crippen LogP contribution is 2.41. The predicted octanol–water partition coefficient (Wildman–Crippen LogP) is 5.26. The van der Waals surface area contributed by atoms with E-state index in [9.17, 15) is 9.59 Å². The Morgan fingerprint density at radius 2 is 2.00 bits per heavy atom. The lowest BCUT2D eigenvalue weighted by Gasteiger charge is -2.36. The molecular formula is C25H23N3O2S2. The fourth-order valence-electron chi connectivity index (χ4n) is 4.92. The Kier molecular flexibility index (Phi) is 4.96. The summed E-state index contributed by atoms with van der Waals surface area (Å²) < 4.78 is 1.50. The highest BCUT2D eigenvalue weighted by atomic mass is 32.1. The molecule has 1 saturated carbocycles. The summed E-state index contributed by atoms with van der Waals surface area (Å²) in [7, 11) is 0. The second kappa shape index (κ2) is 7.98. The van der Waals surface area contributed by atoms with Crippen molar-refractivity contribution in [2.75, 3.05) is 0 Å². The Morgan fingerprint density at radius 3 is 2.81 bits per heavy atom. The van der Waals surface area contributed by atoms with Crippen LogP contribution in [0.1, 0.15) is 42.9 Å². The molecule has 0 radical (unpaired) electrons. The second-order valence-electron chi connectivity index (χ2n) is 8.62. The van der Waals surface area contributed by atoms with Crippen molar-refractivity contribution in [2.24, 2.45) is 0 Å². The van der Waals surface area contributed by atoms with E-state index in [1.54, 1.807) is 11.3 Å². The largest absolute Gasteiger partial charge is 0.331 e. The summed E-state index contributed by atoms with van der Waals surface area (Å²) in [4.78, 5) is 35.3. The summed E-state index contributed by atoms with van der Waals surface area (Å²) in [6.45, 7) is 0.0384. The molecule has 1 atom stereocenters. The van der Waals surface area contributed by atoms with Crippen molar-refractivity contribution in [1.82, 2.24) is 14.5 Å². The Bertz CT molecular complexity index is 1350. The van der Waals surface area contributed by atoms with Crippen LogP contribution in [0.25, 0.3) is 20.7 Å². The van der Waals surface area contributed by atoms with Crippen LogP contribution in [0.15, 0.2) is 58.3 Å². The standard InChI is InChI=1S/C25H23N3O2S2/c29-22(28(17-10-11-17)20-8-3-6-16-5-1-2-7-18(16)20)13-27-15-26-24-23(25(27)30)19(14-32-24)21-9-4-12-31-21/h1-2,4-5,7,9,12,14-15,17,20H,3,6,8,10-11,13H2/t20-/m0/s1. The van der Waals surface area contributed by atoms with E-state index in [2.05, 4.69) is 34.1 Å². The molecule has 1 fully saturated rings. The Balaban J connectivity index is 1.35. The zero-order valence-electron chi connectivity index (χ0n) is 17.6. The van der Waals surface area contributed by atoms with Gasteiger partial charge in [0.1, 0.15) is 11.4 Å². The molecule has 0 N–H and O–H groups in total. The maximum Gasteiger partial charge on any atom is 0.263 e. The Morgan fingerprint density at radius 1 is 1.12 bits per heavy atom.